The van der Waals surface area contributed by atoms with Gasteiger partial charge in [0.2, 0.25) is 0 Å². The van der Waals surface area contributed by atoms with Crippen LogP contribution in [0.1, 0.15) is 46.0 Å². The maximum absolute atomic E-state index is 11.9. The SMILES string of the molecule is CCOC(=O)CC1CC2CCC(C1)N2C(=O)OCC. The lowest BCUT2D eigenvalue weighted by Crippen LogP contribution is -2.47. The van der Waals surface area contributed by atoms with Gasteiger partial charge in [-0.15, -0.1) is 0 Å². The first kappa shape index (κ1) is 14.2. The maximum Gasteiger partial charge on any atom is 0.410 e. The minimum Gasteiger partial charge on any atom is -0.466 e. The number of ether oxygens (including phenoxy) is 2. The van der Waals surface area contributed by atoms with Gasteiger partial charge in [0.1, 0.15) is 0 Å². The van der Waals surface area contributed by atoms with Gasteiger partial charge in [-0.05, 0) is 45.4 Å². The van der Waals surface area contributed by atoms with Gasteiger partial charge in [0.15, 0.2) is 0 Å². The van der Waals surface area contributed by atoms with E-state index < -0.39 is 0 Å². The van der Waals surface area contributed by atoms with Crippen molar-refractivity contribution in [3.8, 4) is 0 Å². The number of hydrogen-bond donors (Lipinski definition) is 0. The van der Waals surface area contributed by atoms with Gasteiger partial charge in [0.05, 0.1) is 13.2 Å². The summed E-state index contributed by atoms with van der Waals surface area (Å²) in [6.45, 7) is 4.51. The summed E-state index contributed by atoms with van der Waals surface area (Å²) in [5.74, 6) is 0.235. The van der Waals surface area contributed by atoms with Crippen molar-refractivity contribution < 1.29 is 19.1 Å². The molecule has 0 aromatic carbocycles. The molecule has 108 valence electrons. The molecular formula is C14H23NO4. The predicted molar refractivity (Wildman–Crippen MR) is 69.6 cm³/mol. The van der Waals surface area contributed by atoms with E-state index in [1.807, 2.05) is 18.7 Å². The molecule has 2 atom stereocenters. The fourth-order valence-corrected chi connectivity index (χ4v) is 3.41. The van der Waals surface area contributed by atoms with E-state index in [2.05, 4.69) is 0 Å². The molecule has 2 rings (SSSR count). The molecule has 2 fully saturated rings. The molecule has 0 spiro atoms. The van der Waals surface area contributed by atoms with Crippen LogP contribution in [0.5, 0.6) is 0 Å². The largest absolute Gasteiger partial charge is 0.466 e. The second-order valence-corrected chi connectivity index (χ2v) is 5.34. The zero-order chi connectivity index (χ0) is 13.8. The molecule has 0 aromatic rings. The van der Waals surface area contributed by atoms with Gasteiger partial charge < -0.3 is 14.4 Å². The van der Waals surface area contributed by atoms with Gasteiger partial charge in [-0.2, -0.15) is 0 Å². The summed E-state index contributed by atoms with van der Waals surface area (Å²) in [6, 6.07) is 0.495. The summed E-state index contributed by atoms with van der Waals surface area (Å²) in [6.07, 6.45) is 4.15. The lowest BCUT2D eigenvalue weighted by atomic mass is 9.88. The Hall–Kier alpha value is -1.26. The number of esters is 1. The van der Waals surface area contributed by atoms with E-state index in [4.69, 9.17) is 9.47 Å². The third kappa shape index (κ3) is 3.19. The summed E-state index contributed by atoms with van der Waals surface area (Å²) in [7, 11) is 0. The van der Waals surface area contributed by atoms with Crippen LogP contribution in [0.25, 0.3) is 0 Å². The molecule has 0 saturated carbocycles. The van der Waals surface area contributed by atoms with Crippen molar-refractivity contribution in [2.24, 2.45) is 5.92 Å². The van der Waals surface area contributed by atoms with Crippen LogP contribution in [0.2, 0.25) is 0 Å². The smallest absolute Gasteiger partial charge is 0.410 e. The molecular weight excluding hydrogens is 246 g/mol. The lowest BCUT2D eigenvalue weighted by molar-refractivity contribution is -0.144. The third-order valence-electron chi connectivity index (χ3n) is 4.07. The molecule has 2 saturated heterocycles. The lowest BCUT2D eigenvalue weighted by Gasteiger charge is -2.37. The standard InChI is InChI=1S/C14H23NO4/c1-3-18-13(16)9-10-7-11-5-6-12(8-10)15(11)14(17)19-4-2/h10-12H,3-9H2,1-2H3. The van der Waals surface area contributed by atoms with Gasteiger partial charge in [0, 0.05) is 18.5 Å². The topological polar surface area (TPSA) is 55.8 Å². The number of amides is 1. The van der Waals surface area contributed by atoms with E-state index in [1.165, 1.54) is 0 Å². The summed E-state index contributed by atoms with van der Waals surface area (Å²) < 4.78 is 10.1. The molecule has 2 heterocycles. The summed E-state index contributed by atoms with van der Waals surface area (Å²) >= 11 is 0. The molecule has 19 heavy (non-hydrogen) atoms. The second-order valence-electron chi connectivity index (χ2n) is 5.34. The Balaban J connectivity index is 1.90. The van der Waals surface area contributed by atoms with Crippen molar-refractivity contribution in [2.45, 2.75) is 58.0 Å². The minimum absolute atomic E-state index is 0.114. The molecule has 2 unspecified atom stereocenters. The number of rotatable bonds is 4. The number of hydrogen-bond acceptors (Lipinski definition) is 4. The second kappa shape index (κ2) is 6.26. The average molecular weight is 269 g/mol. The molecule has 0 aromatic heterocycles. The van der Waals surface area contributed by atoms with Crippen LogP contribution < -0.4 is 0 Å². The van der Waals surface area contributed by atoms with Crippen LogP contribution in [0.4, 0.5) is 4.79 Å². The van der Waals surface area contributed by atoms with Crippen LogP contribution in [-0.2, 0) is 14.3 Å². The highest BCUT2D eigenvalue weighted by atomic mass is 16.6. The van der Waals surface area contributed by atoms with Crippen molar-refractivity contribution in [3.05, 3.63) is 0 Å². The van der Waals surface area contributed by atoms with Gasteiger partial charge in [-0.25, -0.2) is 4.79 Å². The molecule has 2 aliphatic rings. The van der Waals surface area contributed by atoms with Crippen LogP contribution in [-0.4, -0.2) is 42.3 Å². The van der Waals surface area contributed by atoms with Crippen molar-refractivity contribution >= 4 is 12.1 Å². The van der Waals surface area contributed by atoms with E-state index in [0.717, 1.165) is 25.7 Å². The normalized spacial score (nSPS) is 29.2. The van der Waals surface area contributed by atoms with Gasteiger partial charge in [0.25, 0.3) is 0 Å². The number of piperidine rings is 1. The molecule has 0 aliphatic carbocycles. The summed E-state index contributed by atoms with van der Waals surface area (Å²) in [5.41, 5.74) is 0. The predicted octanol–water partition coefficient (Wildman–Crippen LogP) is 2.34. The first-order chi connectivity index (χ1) is 9.15. The Morgan fingerprint density at radius 3 is 2.16 bits per heavy atom. The molecule has 2 aliphatic heterocycles. The first-order valence-electron chi connectivity index (χ1n) is 7.26. The fraction of sp³-hybridized carbons (Fsp3) is 0.857. The number of carbonyl (C=O) groups excluding carboxylic acids is 2. The minimum atomic E-state index is -0.190. The Bertz CT molecular complexity index is 330. The van der Waals surface area contributed by atoms with Crippen LogP contribution in [0.3, 0.4) is 0 Å². The van der Waals surface area contributed by atoms with Crippen molar-refractivity contribution in [1.29, 1.82) is 0 Å². The van der Waals surface area contributed by atoms with Crippen molar-refractivity contribution in [1.82, 2.24) is 4.90 Å². The zero-order valence-corrected chi connectivity index (χ0v) is 11.8. The molecule has 2 bridgehead atoms. The average Bonchev–Trinajstić information content (AvgIpc) is 2.62. The Labute approximate surface area is 114 Å². The highest BCUT2D eigenvalue weighted by Crippen LogP contribution is 2.40. The molecule has 5 heteroatoms. The van der Waals surface area contributed by atoms with E-state index in [9.17, 15) is 9.59 Å². The number of fused-ring (bicyclic) bond motifs is 2. The Morgan fingerprint density at radius 2 is 1.63 bits per heavy atom. The monoisotopic (exact) mass is 269 g/mol. The quantitative estimate of drug-likeness (QED) is 0.735. The molecule has 1 amide bonds. The highest BCUT2D eigenvalue weighted by molar-refractivity contribution is 5.70. The van der Waals surface area contributed by atoms with Crippen molar-refractivity contribution in [3.63, 3.8) is 0 Å². The van der Waals surface area contributed by atoms with Gasteiger partial charge >= 0.3 is 12.1 Å². The molecule has 0 radical (unpaired) electrons. The van der Waals surface area contributed by atoms with E-state index in [0.29, 0.717) is 25.6 Å². The molecule has 0 N–H and O–H groups in total. The number of nitrogens with zero attached hydrogens (tertiary/aromatic N) is 1. The fourth-order valence-electron chi connectivity index (χ4n) is 3.41. The number of carbonyl (C=O) groups is 2. The van der Waals surface area contributed by atoms with E-state index >= 15 is 0 Å². The van der Waals surface area contributed by atoms with Crippen LogP contribution >= 0.6 is 0 Å². The third-order valence-corrected chi connectivity index (χ3v) is 4.07. The molecule has 5 nitrogen and oxygen atoms in total. The zero-order valence-electron chi connectivity index (χ0n) is 11.8. The van der Waals surface area contributed by atoms with E-state index in [-0.39, 0.29) is 24.1 Å². The van der Waals surface area contributed by atoms with Gasteiger partial charge in [-0.3, -0.25) is 4.79 Å². The Morgan fingerprint density at radius 1 is 1.05 bits per heavy atom. The summed E-state index contributed by atoms with van der Waals surface area (Å²) in [4.78, 5) is 25.3. The van der Waals surface area contributed by atoms with Crippen LogP contribution in [0, 0.1) is 5.92 Å². The van der Waals surface area contributed by atoms with E-state index in [1.54, 1.807) is 0 Å². The highest BCUT2D eigenvalue weighted by Gasteiger charge is 2.44. The summed E-state index contributed by atoms with van der Waals surface area (Å²) in [5, 5.41) is 0. The Kier molecular flexibility index (Phi) is 4.66. The van der Waals surface area contributed by atoms with Crippen molar-refractivity contribution in [2.75, 3.05) is 13.2 Å². The van der Waals surface area contributed by atoms with Gasteiger partial charge in [-0.1, -0.05) is 0 Å². The first-order valence-corrected chi connectivity index (χ1v) is 7.26. The van der Waals surface area contributed by atoms with Crippen LogP contribution in [0.15, 0.2) is 0 Å². The maximum atomic E-state index is 11.9.